The number of unbranched alkanes of at least 4 members (excludes halogenated alkanes) is 3. The lowest BCUT2D eigenvalue weighted by Gasteiger charge is -2.16. The fourth-order valence-corrected chi connectivity index (χ4v) is 2.00. The van der Waals surface area contributed by atoms with Crippen molar-refractivity contribution in [1.29, 1.82) is 0 Å². The lowest BCUT2D eigenvalue weighted by molar-refractivity contribution is -0.0498. The maximum absolute atomic E-state index is 12.1. The van der Waals surface area contributed by atoms with Crippen LogP contribution in [0.2, 0.25) is 0 Å². The van der Waals surface area contributed by atoms with Gasteiger partial charge in [0.15, 0.2) is 0 Å². The third kappa shape index (κ3) is 6.99. The summed E-state index contributed by atoms with van der Waals surface area (Å²) in [5.74, 6) is 0.193. The summed E-state index contributed by atoms with van der Waals surface area (Å²) >= 11 is 0. The zero-order valence-electron chi connectivity index (χ0n) is 11.7. The van der Waals surface area contributed by atoms with E-state index in [2.05, 4.69) is 23.9 Å². The Kier molecular flexibility index (Phi) is 7.23. The molecule has 0 aliphatic rings. The molecule has 0 aliphatic carbocycles. The van der Waals surface area contributed by atoms with Gasteiger partial charge in [0, 0.05) is 17.8 Å². The topological polar surface area (TPSA) is 21.3 Å². The van der Waals surface area contributed by atoms with Crippen LogP contribution >= 0.6 is 0 Å². The molecule has 1 atom stereocenters. The van der Waals surface area contributed by atoms with Crippen LogP contribution in [0.3, 0.4) is 0 Å². The van der Waals surface area contributed by atoms with E-state index in [0.717, 1.165) is 12.1 Å². The third-order valence-electron chi connectivity index (χ3n) is 2.96. The van der Waals surface area contributed by atoms with Crippen LogP contribution in [0.1, 0.15) is 46.0 Å². The maximum atomic E-state index is 12.1. The summed E-state index contributed by atoms with van der Waals surface area (Å²) < 4.78 is 28.6. The summed E-state index contributed by atoms with van der Waals surface area (Å²) in [6, 6.07) is 7.04. The molecule has 1 rings (SSSR count). The molecule has 1 unspecified atom stereocenters. The number of anilines is 1. The second kappa shape index (κ2) is 8.73. The lowest BCUT2D eigenvalue weighted by Crippen LogP contribution is -2.15. The predicted octanol–water partition coefficient (Wildman–Crippen LogP) is 5.06. The van der Waals surface area contributed by atoms with Gasteiger partial charge in [-0.2, -0.15) is 8.78 Å². The van der Waals surface area contributed by atoms with E-state index < -0.39 is 6.61 Å². The van der Waals surface area contributed by atoms with Crippen LogP contribution in [-0.4, -0.2) is 12.7 Å². The van der Waals surface area contributed by atoms with E-state index in [1.54, 1.807) is 12.1 Å². The van der Waals surface area contributed by atoms with Crippen LogP contribution in [-0.2, 0) is 0 Å². The van der Waals surface area contributed by atoms with E-state index in [9.17, 15) is 8.78 Å². The Morgan fingerprint density at radius 3 is 2.68 bits per heavy atom. The van der Waals surface area contributed by atoms with Crippen molar-refractivity contribution in [2.24, 2.45) is 0 Å². The average molecular weight is 271 g/mol. The van der Waals surface area contributed by atoms with Crippen molar-refractivity contribution >= 4 is 5.69 Å². The monoisotopic (exact) mass is 271 g/mol. The van der Waals surface area contributed by atoms with E-state index in [1.807, 2.05) is 6.07 Å². The second-order valence-electron chi connectivity index (χ2n) is 4.80. The highest BCUT2D eigenvalue weighted by Crippen LogP contribution is 2.20. The summed E-state index contributed by atoms with van der Waals surface area (Å²) in [6.07, 6.45) is 6.02. The molecule has 0 aliphatic heterocycles. The zero-order valence-corrected chi connectivity index (χ0v) is 11.7. The van der Waals surface area contributed by atoms with E-state index in [4.69, 9.17) is 0 Å². The van der Waals surface area contributed by atoms with E-state index in [0.29, 0.717) is 6.04 Å². The highest BCUT2D eigenvalue weighted by molar-refractivity contribution is 5.48. The molecule has 0 heterocycles. The van der Waals surface area contributed by atoms with Gasteiger partial charge in [0.2, 0.25) is 0 Å². The van der Waals surface area contributed by atoms with Gasteiger partial charge in [0.05, 0.1) is 0 Å². The Bertz CT molecular complexity index is 358. The number of ether oxygens (including phenoxy) is 1. The molecule has 0 aromatic heterocycles. The van der Waals surface area contributed by atoms with Crippen LogP contribution in [0, 0.1) is 0 Å². The van der Waals surface area contributed by atoms with Crippen molar-refractivity contribution < 1.29 is 13.5 Å². The summed E-state index contributed by atoms with van der Waals surface area (Å²) in [5, 5.41) is 3.31. The number of hydrogen-bond acceptors (Lipinski definition) is 2. The van der Waals surface area contributed by atoms with Gasteiger partial charge >= 0.3 is 6.61 Å². The van der Waals surface area contributed by atoms with Gasteiger partial charge < -0.3 is 10.1 Å². The Balaban J connectivity index is 2.38. The Hall–Kier alpha value is -1.32. The van der Waals surface area contributed by atoms with Crippen molar-refractivity contribution in [3.05, 3.63) is 24.3 Å². The first-order chi connectivity index (χ1) is 9.11. The molecule has 0 radical (unpaired) electrons. The van der Waals surface area contributed by atoms with Crippen LogP contribution in [0.25, 0.3) is 0 Å². The lowest BCUT2D eigenvalue weighted by atomic mass is 10.1. The smallest absolute Gasteiger partial charge is 0.387 e. The number of benzene rings is 1. The van der Waals surface area contributed by atoms with Crippen LogP contribution < -0.4 is 10.1 Å². The molecule has 1 aromatic rings. The Labute approximate surface area is 114 Å². The normalized spacial score (nSPS) is 12.5. The van der Waals surface area contributed by atoms with Crippen molar-refractivity contribution in [3.63, 3.8) is 0 Å². The Morgan fingerprint density at radius 2 is 2.00 bits per heavy atom. The fraction of sp³-hybridized carbons (Fsp3) is 0.600. The largest absolute Gasteiger partial charge is 0.435 e. The van der Waals surface area contributed by atoms with E-state index in [-0.39, 0.29) is 5.75 Å². The van der Waals surface area contributed by atoms with Gasteiger partial charge in [-0.3, -0.25) is 0 Å². The van der Waals surface area contributed by atoms with E-state index >= 15 is 0 Å². The van der Waals surface area contributed by atoms with Crippen LogP contribution in [0.4, 0.5) is 14.5 Å². The van der Waals surface area contributed by atoms with Crippen LogP contribution in [0.15, 0.2) is 24.3 Å². The molecule has 108 valence electrons. The summed E-state index contributed by atoms with van der Waals surface area (Å²) in [4.78, 5) is 0. The number of halogens is 2. The number of nitrogens with one attached hydrogen (secondary N) is 1. The third-order valence-corrected chi connectivity index (χ3v) is 2.96. The van der Waals surface area contributed by atoms with Gasteiger partial charge in [-0.25, -0.2) is 0 Å². The fourth-order valence-electron chi connectivity index (χ4n) is 2.00. The summed E-state index contributed by atoms with van der Waals surface area (Å²) in [7, 11) is 0. The maximum Gasteiger partial charge on any atom is 0.387 e. The predicted molar refractivity (Wildman–Crippen MR) is 74.9 cm³/mol. The van der Waals surface area contributed by atoms with Gasteiger partial charge in [-0.15, -0.1) is 0 Å². The van der Waals surface area contributed by atoms with Crippen molar-refractivity contribution in [3.8, 4) is 5.75 Å². The molecule has 2 nitrogen and oxygen atoms in total. The molecule has 0 amide bonds. The molecule has 1 aromatic carbocycles. The number of hydrogen-bond donors (Lipinski definition) is 1. The van der Waals surface area contributed by atoms with Crippen molar-refractivity contribution in [2.75, 3.05) is 5.32 Å². The molecule has 0 saturated heterocycles. The molecular formula is C15H23F2NO. The molecule has 4 heteroatoms. The second-order valence-corrected chi connectivity index (χ2v) is 4.80. The molecule has 0 saturated carbocycles. The first-order valence-corrected chi connectivity index (χ1v) is 6.93. The standard InChI is InChI=1S/C15H23F2NO/c1-3-4-5-6-8-12(2)18-13-9-7-10-14(11-13)19-15(16)17/h7,9-12,15,18H,3-6,8H2,1-2H3. The van der Waals surface area contributed by atoms with Crippen molar-refractivity contribution in [1.82, 2.24) is 0 Å². The molecule has 19 heavy (non-hydrogen) atoms. The molecule has 0 fully saturated rings. The van der Waals surface area contributed by atoms with Gasteiger partial charge in [-0.05, 0) is 25.5 Å². The van der Waals surface area contributed by atoms with Gasteiger partial charge in [0.25, 0.3) is 0 Å². The molecule has 0 bridgehead atoms. The van der Waals surface area contributed by atoms with Crippen molar-refractivity contribution in [2.45, 2.75) is 58.6 Å². The quantitative estimate of drug-likeness (QED) is 0.634. The minimum absolute atomic E-state index is 0.193. The summed E-state index contributed by atoms with van der Waals surface area (Å²) in [6.45, 7) is 1.52. The number of alkyl halides is 2. The minimum Gasteiger partial charge on any atom is -0.435 e. The SMILES string of the molecule is CCCCCCC(C)Nc1cccc(OC(F)F)c1. The Morgan fingerprint density at radius 1 is 1.21 bits per heavy atom. The van der Waals surface area contributed by atoms with Crippen LogP contribution in [0.5, 0.6) is 5.75 Å². The summed E-state index contributed by atoms with van der Waals surface area (Å²) in [5.41, 5.74) is 0.821. The first-order valence-electron chi connectivity index (χ1n) is 6.93. The van der Waals surface area contributed by atoms with E-state index in [1.165, 1.54) is 31.7 Å². The molecular weight excluding hydrogens is 248 g/mol. The first kappa shape index (κ1) is 15.7. The highest BCUT2D eigenvalue weighted by Gasteiger charge is 2.06. The molecule has 0 spiro atoms. The molecule has 1 N–H and O–H groups in total. The van der Waals surface area contributed by atoms with Gasteiger partial charge in [-0.1, -0.05) is 38.7 Å². The highest BCUT2D eigenvalue weighted by atomic mass is 19.3. The minimum atomic E-state index is -2.78. The van der Waals surface area contributed by atoms with Gasteiger partial charge in [0.1, 0.15) is 5.75 Å². The average Bonchev–Trinajstić information content (AvgIpc) is 2.34. The number of rotatable bonds is 9. The zero-order chi connectivity index (χ0) is 14.1.